The average molecular weight is 385 g/mol. The van der Waals surface area contributed by atoms with Crippen LogP contribution in [0.3, 0.4) is 0 Å². The van der Waals surface area contributed by atoms with Crippen molar-refractivity contribution in [3.63, 3.8) is 0 Å². The van der Waals surface area contributed by atoms with E-state index in [1.807, 2.05) is 12.1 Å². The van der Waals surface area contributed by atoms with Crippen LogP contribution in [-0.4, -0.2) is 33.7 Å². The smallest absolute Gasteiger partial charge is 0.251 e. The fraction of sp³-hybridized carbons (Fsp3) is 0.421. The van der Waals surface area contributed by atoms with E-state index in [0.29, 0.717) is 22.9 Å². The van der Waals surface area contributed by atoms with Gasteiger partial charge in [0.25, 0.3) is 5.91 Å². The van der Waals surface area contributed by atoms with Crippen molar-refractivity contribution in [3.05, 3.63) is 29.8 Å². The van der Waals surface area contributed by atoms with Crippen LogP contribution in [-0.2, 0) is 0 Å². The molecule has 0 unspecified atom stereocenters. The molecule has 3 heterocycles. The zero-order chi connectivity index (χ0) is 18.8. The summed E-state index contributed by atoms with van der Waals surface area (Å²) in [5.74, 6) is 0.857. The number of amides is 1. The minimum atomic E-state index is -0.0987. The molecule has 1 fully saturated rings. The highest BCUT2D eigenvalue weighted by Crippen LogP contribution is 2.31. The number of nitrogens with one attached hydrogen (secondary N) is 1. The molecule has 1 aliphatic rings. The Morgan fingerprint density at radius 2 is 2.04 bits per heavy atom. The first-order chi connectivity index (χ1) is 13.1. The van der Waals surface area contributed by atoms with Gasteiger partial charge < -0.3 is 15.8 Å². The van der Waals surface area contributed by atoms with Crippen LogP contribution in [0.5, 0.6) is 5.06 Å². The number of hydrogen-bond acceptors (Lipinski definition) is 6. The van der Waals surface area contributed by atoms with Crippen molar-refractivity contribution in [2.75, 3.05) is 12.8 Å². The van der Waals surface area contributed by atoms with Crippen molar-refractivity contribution in [1.29, 1.82) is 0 Å². The summed E-state index contributed by atoms with van der Waals surface area (Å²) in [5.41, 5.74) is 7.21. The highest BCUT2D eigenvalue weighted by atomic mass is 32.1. The Labute approximate surface area is 161 Å². The van der Waals surface area contributed by atoms with E-state index in [2.05, 4.69) is 15.4 Å². The number of hydrogen-bond donors (Lipinski definition) is 2. The normalized spacial score (nSPS) is 15.6. The summed E-state index contributed by atoms with van der Waals surface area (Å²) < 4.78 is 6.78. The number of ether oxygens (including phenoxy) is 1. The van der Waals surface area contributed by atoms with E-state index in [4.69, 9.17) is 10.5 Å². The van der Waals surface area contributed by atoms with Gasteiger partial charge in [0.1, 0.15) is 5.82 Å². The Balaban J connectivity index is 1.59. The van der Waals surface area contributed by atoms with Gasteiger partial charge in [0.05, 0.1) is 12.0 Å². The number of thiophene rings is 1. The Hall–Kier alpha value is -2.61. The first-order valence-corrected chi connectivity index (χ1v) is 10.1. The number of nitrogens with zero attached hydrogens (tertiary/aromatic N) is 3. The van der Waals surface area contributed by atoms with Gasteiger partial charge in [-0.1, -0.05) is 37.0 Å². The van der Waals surface area contributed by atoms with Gasteiger partial charge in [0.2, 0.25) is 0 Å². The zero-order valence-corrected chi connectivity index (χ0v) is 16.1. The summed E-state index contributed by atoms with van der Waals surface area (Å²) in [6.45, 7) is 0. The second kappa shape index (κ2) is 7.56. The summed E-state index contributed by atoms with van der Waals surface area (Å²) >= 11 is 1.46. The fourth-order valence-corrected chi connectivity index (χ4v) is 4.24. The molecule has 0 atom stereocenters. The summed E-state index contributed by atoms with van der Waals surface area (Å²) in [7, 11) is 1.63. The summed E-state index contributed by atoms with van der Waals surface area (Å²) in [5, 5.41) is 8.40. The molecule has 27 heavy (non-hydrogen) atoms. The molecule has 0 bridgehead atoms. The Morgan fingerprint density at radius 1 is 1.26 bits per heavy atom. The number of carbonyl (C=O) groups is 1. The third-order valence-electron chi connectivity index (χ3n) is 4.92. The molecule has 142 valence electrons. The lowest BCUT2D eigenvalue weighted by Gasteiger charge is -2.16. The minimum Gasteiger partial charge on any atom is -0.487 e. The predicted octanol–water partition coefficient (Wildman–Crippen LogP) is 3.50. The Kier molecular flexibility index (Phi) is 4.98. The topological polar surface area (TPSA) is 94.5 Å². The molecule has 1 saturated carbocycles. The highest BCUT2D eigenvalue weighted by molar-refractivity contribution is 7.17. The van der Waals surface area contributed by atoms with Gasteiger partial charge in [-0.05, 0) is 37.1 Å². The zero-order valence-electron chi connectivity index (χ0n) is 15.3. The molecule has 0 aromatic carbocycles. The summed E-state index contributed by atoms with van der Waals surface area (Å²) in [6, 6.07) is 7.43. The molecule has 3 N–H and O–H groups in total. The molecule has 3 aromatic heterocycles. The van der Waals surface area contributed by atoms with Gasteiger partial charge in [-0.3, -0.25) is 4.79 Å². The molecule has 1 aliphatic carbocycles. The molecule has 0 aliphatic heterocycles. The number of aromatic nitrogens is 3. The minimum absolute atomic E-state index is 0.0987. The molecule has 8 heteroatoms. The predicted molar refractivity (Wildman–Crippen MR) is 106 cm³/mol. The number of nitrogen functional groups attached to an aromatic ring is 1. The molecule has 7 nitrogen and oxygen atoms in total. The van der Waals surface area contributed by atoms with E-state index >= 15 is 0 Å². The number of methoxy groups -OCH3 is 1. The van der Waals surface area contributed by atoms with E-state index < -0.39 is 0 Å². The summed E-state index contributed by atoms with van der Waals surface area (Å²) in [4.78, 5) is 18.1. The van der Waals surface area contributed by atoms with Crippen LogP contribution in [0.15, 0.2) is 24.3 Å². The second-order valence-electron chi connectivity index (χ2n) is 6.86. The van der Waals surface area contributed by atoms with Crippen molar-refractivity contribution in [1.82, 2.24) is 19.9 Å². The maximum atomic E-state index is 12.7. The second-order valence-corrected chi connectivity index (χ2v) is 7.91. The lowest BCUT2D eigenvalue weighted by atomic mass is 10.1. The first-order valence-electron chi connectivity index (χ1n) is 9.25. The molecule has 0 spiro atoms. The van der Waals surface area contributed by atoms with Crippen LogP contribution < -0.4 is 15.8 Å². The average Bonchev–Trinajstić information content (AvgIpc) is 3.23. The first kappa shape index (κ1) is 17.8. The van der Waals surface area contributed by atoms with Crippen LogP contribution in [0.2, 0.25) is 0 Å². The molecule has 4 rings (SSSR count). The molecule has 0 saturated heterocycles. The Morgan fingerprint density at radius 3 is 2.74 bits per heavy atom. The fourth-order valence-electron chi connectivity index (χ4n) is 3.49. The molecule has 3 aromatic rings. The van der Waals surface area contributed by atoms with Crippen LogP contribution in [0, 0.1) is 0 Å². The largest absolute Gasteiger partial charge is 0.487 e. The Bertz CT molecular complexity index is 956. The van der Waals surface area contributed by atoms with Crippen molar-refractivity contribution < 1.29 is 9.53 Å². The standard InChI is InChI=1S/C19H23N5O2S/c1-26-17-9-8-14(27-17)18-22-16-11-12(10-15(20)24(16)23-18)19(25)21-13-6-4-2-3-5-7-13/h8-11,13H,2-7,20H2,1H3,(H,21,25). The maximum absolute atomic E-state index is 12.7. The highest BCUT2D eigenvalue weighted by Gasteiger charge is 2.18. The molecular weight excluding hydrogens is 362 g/mol. The van der Waals surface area contributed by atoms with Crippen molar-refractivity contribution in [2.24, 2.45) is 0 Å². The molecule has 0 radical (unpaired) electrons. The van der Waals surface area contributed by atoms with E-state index in [1.54, 1.807) is 23.8 Å². The van der Waals surface area contributed by atoms with Gasteiger partial charge in [-0.2, -0.15) is 4.52 Å². The van der Waals surface area contributed by atoms with Crippen molar-refractivity contribution >= 4 is 28.7 Å². The van der Waals surface area contributed by atoms with Gasteiger partial charge >= 0.3 is 0 Å². The number of rotatable bonds is 4. The third-order valence-corrected chi connectivity index (χ3v) is 5.96. The quantitative estimate of drug-likeness (QED) is 0.670. The number of nitrogens with two attached hydrogens (primary N) is 1. The molecule has 1 amide bonds. The van der Waals surface area contributed by atoms with Crippen LogP contribution >= 0.6 is 11.3 Å². The maximum Gasteiger partial charge on any atom is 0.251 e. The SMILES string of the molecule is COc1ccc(-c2nc3cc(C(=O)NC4CCCCCC4)cc(N)n3n2)s1. The van der Waals surface area contributed by atoms with Gasteiger partial charge in [-0.15, -0.1) is 5.10 Å². The van der Waals surface area contributed by atoms with Crippen molar-refractivity contribution in [3.8, 4) is 15.8 Å². The monoisotopic (exact) mass is 385 g/mol. The number of pyridine rings is 1. The van der Waals surface area contributed by atoms with E-state index in [1.165, 1.54) is 37.0 Å². The number of anilines is 1. The number of fused-ring (bicyclic) bond motifs is 1. The van der Waals surface area contributed by atoms with Gasteiger partial charge in [0.15, 0.2) is 16.5 Å². The lowest BCUT2D eigenvalue weighted by molar-refractivity contribution is 0.0933. The van der Waals surface area contributed by atoms with Crippen LogP contribution in [0.25, 0.3) is 16.3 Å². The van der Waals surface area contributed by atoms with Gasteiger partial charge in [0, 0.05) is 11.6 Å². The third kappa shape index (κ3) is 3.75. The number of carbonyl (C=O) groups excluding carboxylic acids is 1. The van der Waals surface area contributed by atoms with Crippen LogP contribution in [0.1, 0.15) is 48.9 Å². The van der Waals surface area contributed by atoms with Crippen LogP contribution in [0.4, 0.5) is 5.82 Å². The van der Waals surface area contributed by atoms with E-state index in [9.17, 15) is 4.79 Å². The lowest BCUT2D eigenvalue weighted by Crippen LogP contribution is -2.34. The van der Waals surface area contributed by atoms with E-state index in [0.717, 1.165) is 22.8 Å². The van der Waals surface area contributed by atoms with E-state index in [-0.39, 0.29) is 11.9 Å². The molecular formula is C19H23N5O2S. The summed E-state index contributed by atoms with van der Waals surface area (Å²) in [6.07, 6.45) is 6.92. The van der Waals surface area contributed by atoms with Crippen molar-refractivity contribution in [2.45, 2.75) is 44.6 Å². The van der Waals surface area contributed by atoms with Gasteiger partial charge in [-0.25, -0.2) is 4.98 Å².